The van der Waals surface area contributed by atoms with Crippen LogP contribution in [0.4, 0.5) is 0 Å². The van der Waals surface area contributed by atoms with Gasteiger partial charge in [-0.05, 0) is 6.26 Å². The van der Waals surface area contributed by atoms with Crippen molar-refractivity contribution in [1.29, 1.82) is 0 Å². The number of thioether (sulfide) groups is 1. The highest BCUT2D eigenvalue weighted by atomic mass is 33.1. The zero-order valence-corrected chi connectivity index (χ0v) is 8.56. The summed E-state index contributed by atoms with van der Waals surface area (Å²) in [7, 11) is 2.87. The van der Waals surface area contributed by atoms with Gasteiger partial charge in [0.25, 0.3) is 0 Å². The van der Waals surface area contributed by atoms with E-state index in [0.29, 0.717) is 6.42 Å². The number of hydrogen-bond donors (Lipinski definition) is 1. The molecule has 0 aromatic carbocycles. The van der Waals surface area contributed by atoms with E-state index in [-0.39, 0.29) is 5.91 Å². The Morgan fingerprint density at radius 1 is 1.70 bits per heavy atom. The molecule has 2 nitrogen and oxygen atoms in total. The first-order valence-electron chi connectivity index (χ1n) is 2.79. The first-order valence-corrected chi connectivity index (χ1v) is 6.01. The van der Waals surface area contributed by atoms with Gasteiger partial charge in [-0.1, -0.05) is 11.7 Å². The van der Waals surface area contributed by atoms with E-state index in [0.717, 1.165) is 16.7 Å². The summed E-state index contributed by atoms with van der Waals surface area (Å²) in [6.07, 6.45) is 2.59. The molecule has 0 heterocycles. The van der Waals surface area contributed by atoms with Crippen molar-refractivity contribution in [2.75, 3.05) is 19.1 Å². The molecule has 0 aliphatic rings. The lowest BCUT2D eigenvalue weighted by Crippen LogP contribution is -2.18. The Morgan fingerprint density at radius 3 is 2.70 bits per heavy atom. The first-order chi connectivity index (χ1) is 4.72. The van der Waals surface area contributed by atoms with Crippen molar-refractivity contribution in [3.63, 3.8) is 0 Å². The van der Waals surface area contributed by atoms with Gasteiger partial charge in [0.15, 0.2) is 0 Å². The molecule has 0 saturated heterocycles. The molecule has 0 aliphatic heterocycles. The average molecular weight is 197 g/mol. The van der Waals surface area contributed by atoms with Crippen molar-refractivity contribution in [2.24, 2.45) is 0 Å². The SMILES string of the molecule is CSCCC(=O)N(C)SS. The molecular formula is C5H11NOS3. The zero-order valence-electron chi connectivity index (χ0n) is 6.03. The van der Waals surface area contributed by atoms with Crippen LogP contribution in [0.3, 0.4) is 0 Å². The fraction of sp³-hybridized carbons (Fsp3) is 0.800. The number of carbonyl (C=O) groups is 1. The minimum atomic E-state index is 0.134. The maximum atomic E-state index is 11.0. The standard InChI is InChI=1S/C5H11NOS3/c1-6(10-8)5(7)3-4-9-2/h8H,3-4H2,1-2H3. The molecule has 0 spiro atoms. The van der Waals surface area contributed by atoms with Gasteiger partial charge in [0.1, 0.15) is 0 Å². The van der Waals surface area contributed by atoms with Crippen LogP contribution in [0, 0.1) is 0 Å². The van der Waals surface area contributed by atoms with Gasteiger partial charge in [-0.25, -0.2) is 0 Å². The van der Waals surface area contributed by atoms with Crippen LogP contribution in [0.1, 0.15) is 6.42 Å². The Hall–Kier alpha value is 0.520. The maximum absolute atomic E-state index is 11.0. The minimum absolute atomic E-state index is 0.134. The van der Waals surface area contributed by atoms with Crippen molar-refractivity contribution >= 4 is 40.3 Å². The van der Waals surface area contributed by atoms with Crippen molar-refractivity contribution in [3.8, 4) is 0 Å². The topological polar surface area (TPSA) is 20.3 Å². The molecule has 0 unspecified atom stereocenters. The van der Waals surface area contributed by atoms with Gasteiger partial charge in [0, 0.05) is 30.2 Å². The van der Waals surface area contributed by atoms with Gasteiger partial charge in [-0.3, -0.25) is 9.10 Å². The van der Waals surface area contributed by atoms with Crippen molar-refractivity contribution in [1.82, 2.24) is 4.31 Å². The molecular weight excluding hydrogens is 186 g/mol. The lowest BCUT2D eigenvalue weighted by molar-refractivity contribution is -0.124. The summed E-state index contributed by atoms with van der Waals surface area (Å²) in [5.41, 5.74) is 0. The van der Waals surface area contributed by atoms with Gasteiger partial charge in [0.2, 0.25) is 5.91 Å². The number of hydrogen-bond acceptors (Lipinski definition) is 4. The summed E-state index contributed by atoms with van der Waals surface area (Å²) in [4.78, 5) is 11.0. The third-order valence-electron chi connectivity index (χ3n) is 0.994. The second-order valence-electron chi connectivity index (χ2n) is 1.72. The molecule has 0 saturated carbocycles. The van der Waals surface area contributed by atoms with Crippen LogP contribution < -0.4 is 0 Å². The van der Waals surface area contributed by atoms with Gasteiger partial charge in [0.05, 0.1) is 0 Å². The van der Waals surface area contributed by atoms with E-state index in [9.17, 15) is 4.79 Å². The fourth-order valence-electron chi connectivity index (χ4n) is 0.392. The second-order valence-corrected chi connectivity index (χ2v) is 3.90. The van der Waals surface area contributed by atoms with Crippen molar-refractivity contribution in [2.45, 2.75) is 6.42 Å². The Labute approximate surface area is 75.1 Å². The predicted molar refractivity (Wildman–Crippen MR) is 52.3 cm³/mol. The van der Waals surface area contributed by atoms with Crippen LogP contribution >= 0.6 is 34.4 Å². The van der Waals surface area contributed by atoms with E-state index in [2.05, 4.69) is 11.7 Å². The van der Waals surface area contributed by atoms with Gasteiger partial charge in [-0.2, -0.15) is 11.8 Å². The summed E-state index contributed by atoms with van der Waals surface area (Å²) in [5, 5.41) is 0. The molecule has 60 valence electrons. The monoisotopic (exact) mass is 197 g/mol. The Morgan fingerprint density at radius 2 is 2.30 bits per heavy atom. The quantitative estimate of drug-likeness (QED) is 0.421. The van der Waals surface area contributed by atoms with Crippen LogP contribution in [0.15, 0.2) is 0 Å². The Bertz CT molecular complexity index is 109. The number of nitrogens with zero attached hydrogens (tertiary/aromatic N) is 1. The summed E-state index contributed by atoms with van der Waals surface area (Å²) in [6.45, 7) is 0. The van der Waals surface area contributed by atoms with Crippen LogP contribution in [0.5, 0.6) is 0 Å². The largest absolute Gasteiger partial charge is 0.281 e. The van der Waals surface area contributed by atoms with Gasteiger partial charge < -0.3 is 0 Å². The number of rotatable bonds is 4. The molecule has 0 aromatic rings. The Balaban J connectivity index is 3.42. The summed E-state index contributed by atoms with van der Waals surface area (Å²) in [5.74, 6) is 1.02. The maximum Gasteiger partial charge on any atom is 0.233 e. The molecule has 0 N–H and O–H groups in total. The van der Waals surface area contributed by atoms with Crippen LogP contribution in [-0.4, -0.2) is 29.3 Å². The average Bonchev–Trinajstić information content (AvgIpc) is 1.98. The van der Waals surface area contributed by atoms with Crippen molar-refractivity contribution < 1.29 is 4.79 Å². The highest BCUT2D eigenvalue weighted by molar-refractivity contribution is 8.67. The normalized spacial score (nSPS) is 9.50. The van der Waals surface area contributed by atoms with E-state index in [1.807, 2.05) is 6.26 Å². The van der Waals surface area contributed by atoms with Crippen LogP contribution in [0.25, 0.3) is 0 Å². The molecule has 1 amide bonds. The highest BCUT2D eigenvalue weighted by Crippen LogP contribution is 2.12. The molecule has 0 radical (unpaired) electrons. The summed E-state index contributed by atoms with van der Waals surface area (Å²) in [6, 6.07) is 0. The smallest absolute Gasteiger partial charge is 0.233 e. The van der Waals surface area contributed by atoms with E-state index in [4.69, 9.17) is 0 Å². The lowest BCUT2D eigenvalue weighted by atomic mass is 10.5. The third kappa shape index (κ3) is 4.35. The predicted octanol–water partition coefficient (Wildman–Crippen LogP) is 1.69. The fourth-order valence-corrected chi connectivity index (χ4v) is 1.23. The minimum Gasteiger partial charge on any atom is -0.281 e. The molecule has 0 bridgehead atoms. The number of thiol groups is 1. The van der Waals surface area contributed by atoms with Crippen LogP contribution in [-0.2, 0) is 4.79 Å². The molecule has 5 heteroatoms. The molecule has 0 rings (SSSR count). The van der Waals surface area contributed by atoms with Gasteiger partial charge >= 0.3 is 0 Å². The van der Waals surface area contributed by atoms with E-state index < -0.39 is 0 Å². The van der Waals surface area contributed by atoms with Crippen LogP contribution in [0.2, 0.25) is 0 Å². The third-order valence-corrected chi connectivity index (χ3v) is 2.79. The molecule has 0 atom stereocenters. The van der Waals surface area contributed by atoms with E-state index in [1.165, 1.54) is 4.31 Å². The van der Waals surface area contributed by atoms with Crippen molar-refractivity contribution in [3.05, 3.63) is 0 Å². The molecule has 0 fully saturated rings. The lowest BCUT2D eigenvalue weighted by Gasteiger charge is -2.10. The highest BCUT2D eigenvalue weighted by Gasteiger charge is 2.05. The number of amides is 1. The Kier molecular flexibility index (Phi) is 6.57. The van der Waals surface area contributed by atoms with E-state index >= 15 is 0 Å². The molecule has 0 aliphatic carbocycles. The summed E-state index contributed by atoms with van der Waals surface area (Å²) >= 11 is 5.57. The second kappa shape index (κ2) is 6.24. The first kappa shape index (κ1) is 10.5. The zero-order chi connectivity index (χ0) is 7.98. The van der Waals surface area contributed by atoms with E-state index in [1.54, 1.807) is 18.8 Å². The van der Waals surface area contributed by atoms with Gasteiger partial charge in [-0.15, -0.1) is 0 Å². The summed E-state index contributed by atoms with van der Waals surface area (Å²) < 4.78 is 1.53. The number of carbonyl (C=O) groups excluding carboxylic acids is 1. The molecule has 10 heavy (non-hydrogen) atoms. The molecule has 0 aromatic heterocycles.